The smallest absolute Gasteiger partial charge is 0.0544 e. The predicted octanol–water partition coefficient (Wildman–Crippen LogP) is 4.12. The van der Waals surface area contributed by atoms with Gasteiger partial charge >= 0.3 is 0 Å². The molecule has 0 heterocycles. The number of hydrogen-bond acceptors (Lipinski definition) is 2. The lowest BCUT2D eigenvalue weighted by Gasteiger charge is -2.11. The molecular weight excluding hydrogens is 238 g/mol. The van der Waals surface area contributed by atoms with Crippen molar-refractivity contribution in [1.29, 1.82) is 0 Å². The minimum absolute atomic E-state index is 0.184. The van der Waals surface area contributed by atoms with Gasteiger partial charge < -0.3 is 5.73 Å². The van der Waals surface area contributed by atoms with Crippen molar-refractivity contribution >= 4 is 23.4 Å². The van der Waals surface area contributed by atoms with Gasteiger partial charge in [0, 0.05) is 16.2 Å². The molecule has 0 saturated heterocycles. The highest BCUT2D eigenvalue weighted by Gasteiger charge is 2.07. The highest BCUT2D eigenvalue weighted by Crippen LogP contribution is 2.32. The molecule has 1 aromatic rings. The van der Waals surface area contributed by atoms with Crippen LogP contribution in [0.25, 0.3) is 0 Å². The summed E-state index contributed by atoms with van der Waals surface area (Å²) >= 11 is 8.09. The van der Waals surface area contributed by atoms with Crippen LogP contribution < -0.4 is 5.73 Å². The minimum Gasteiger partial charge on any atom is -0.328 e. The van der Waals surface area contributed by atoms with E-state index < -0.39 is 0 Å². The Bertz CT molecular complexity index is 339. The van der Waals surface area contributed by atoms with Crippen molar-refractivity contribution in [1.82, 2.24) is 0 Å². The van der Waals surface area contributed by atoms with Crippen LogP contribution in [0.5, 0.6) is 0 Å². The number of halogens is 1. The van der Waals surface area contributed by atoms with Gasteiger partial charge in [0.2, 0.25) is 0 Å². The maximum atomic E-state index is 6.25. The van der Waals surface area contributed by atoms with Crippen LogP contribution in [0.1, 0.15) is 32.8 Å². The summed E-state index contributed by atoms with van der Waals surface area (Å²) in [5.74, 6) is 0. The molecule has 2 unspecified atom stereocenters. The summed E-state index contributed by atoms with van der Waals surface area (Å²) in [6, 6.07) is 6.45. The minimum atomic E-state index is 0.184. The van der Waals surface area contributed by atoms with Crippen LogP contribution in [0.15, 0.2) is 23.1 Å². The van der Waals surface area contributed by atoms with E-state index >= 15 is 0 Å². The monoisotopic (exact) mass is 257 g/mol. The van der Waals surface area contributed by atoms with E-state index in [-0.39, 0.29) is 6.04 Å². The molecule has 1 aromatic carbocycles. The molecule has 0 aliphatic rings. The Labute approximate surface area is 108 Å². The first-order chi connectivity index (χ1) is 7.52. The average molecular weight is 258 g/mol. The molecule has 0 aliphatic heterocycles. The lowest BCUT2D eigenvalue weighted by atomic mass is 10.1. The average Bonchev–Trinajstić information content (AvgIpc) is 2.21. The van der Waals surface area contributed by atoms with Gasteiger partial charge in [-0.2, -0.15) is 0 Å². The van der Waals surface area contributed by atoms with Crippen molar-refractivity contribution in [3.63, 3.8) is 0 Å². The molecule has 2 N–H and O–H groups in total. The van der Waals surface area contributed by atoms with E-state index in [1.54, 1.807) is 0 Å². The van der Waals surface area contributed by atoms with E-state index in [0.29, 0.717) is 5.25 Å². The maximum Gasteiger partial charge on any atom is 0.0544 e. The first-order valence-corrected chi connectivity index (χ1v) is 6.99. The van der Waals surface area contributed by atoms with Crippen molar-refractivity contribution < 1.29 is 0 Å². The molecule has 0 aromatic heterocycles. The van der Waals surface area contributed by atoms with Crippen molar-refractivity contribution in [2.24, 2.45) is 5.73 Å². The summed E-state index contributed by atoms with van der Waals surface area (Å²) in [5, 5.41) is 1.46. The second-order valence-corrected chi connectivity index (χ2v) is 6.17. The van der Waals surface area contributed by atoms with Gasteiger partial charge in [0.15, 0.2) is 0 Å². The van der Waals surface area contributed by atoms with Gasteiger partial charge in [0.05, 0.1) is 5.02 Å². The third-order valence-corrected chi connectivity index (χ3v) is 4.23. The molecule has 0 amide bonds. The van der Waals surface area contributed by atoms with Crippen molar-refractivity contribution in [2.45, 2.75) is 49.8 Å². The van der Waals surface area contributed by atoms with E-state index in [0.717, 1.165) is 17.9 Å². The van der Waals surface area contributed by atoms with Crippen LogP contribution in [-0.2, 0) is 6.42 Å². The molecule has 90 valence electrons. The zero-order valence-electron chi connectivity index (χ0n) is 10.2. The van der Waals surface area contributed by atoms with E-state index in [2.05, 4.69) is 26.0 Å². The van der Waals surface area contributed by atoms with Crippen LogP contribution in [-0.4, -0.2) is 11.3 Å². The Kier molecular flexibility index (Phi) is 5.67. The second kappa shape index (κ2) is 6.53. The van der Waals surface area contributed by atoms with Gasteiger partial charge in [0.1, 0.15) is 0 Å². The Morgan fingerprint density at radius 3 is 2.56 bits per heavy atom. The second-order valence-electron chi connectivity index (χ2n) is 4.28. The molecule has 0 aliphatic carbocycles. The number of nitrogens with two attached hydrogens (primary N) is 1. The normalized spacial score (nSPS) is 14.8. The van der Waals surface area contributed by atoms with Gasteiger partial charge in [-0.25, -0.2) is 0 Å². The number of hydrogen-bond donors (Lipinski definition) is 1. The Balaban J connectivity index is 2.75. The van der Waals surface area contributed by atoms with Gasteiger partial charge in [0.25, 0.3) is 0 Å². The predicted molar refractivity (Wildman–Crippen MR) is 74.4 cm³/mol. The van der Waals surface area contributed by atoms with Gasteiger partial charge in [-0.3, -0.25) is 0 Å². The van der Waals surface area contributed by atoms with E-state index in [9.17, 15) is 0 Å². The summed E-state index contributed by atoms with van der Waals surface area (Å²) in [5.41, 5.74) is 6.98. The summed E-state index contributed by atoms with van der Waals surface area (Å²) in [7, 11) is 0. The molecule has 2 atom stereocenters. The molecule has 1 nitrogen and oxygen atoms in total. The SMILES string of the molecule is CCC(C)Sc1ccc(CC(C)N)cc1Cl. The lowest BCUT2D eigenvalue weighted by molar-refractivity contribution is 0.737. The highest BCUT2D eigenvalue weighted by atomic mass is 35.5. The van der Waals surface area contributed by atoms with Crippen LogP contribution >= 0.6 is 23.4 Å². The third-order valence-electron chi connectivity index (χ3n) is 2.46. The zero-order chi connectivity index (χ0) is 12.1. The topological polar surface area (TPSA) is 26.0 Å². The molecular formula is C13H20ClNS. The largest absolute Gasteiger partial charge is 0.328 e. The highest BCUT2D eigenvalue weighted by molar-refractivity contribution is 8.00. The van der Waals surface area contributed by atoms with Gasteiger partial charge in [-0.05, 0) is 37.5 Å². The summed E-state index contributed by atoms with van der Waals surface area (Å²) in [6.45, 7) is 6.42. The Hall–Kier alpha value is -0.180. The molecule has 3 heteroatoms. The van der Waals surface area contributed by atoms with E-state index in [1.807, 2.05) is 24.8 Å². The standard InChI is InChI=1S/C13H20ClNS/c1-4-10(3)16-13-6-5-11(7-9(2)15)8-12(13)14/h5-6,8-10H,4,7,15H2,1-3H3. The fraction of sp³-hybridized carbons (Fsp3) is 0.538. The van der Waals surface area contributed by atoms with Crippen molar-refractivity contribution in [2.75, 3.05) is 0 Å². The Morgan fingerprint density at radius 2 is 2.06 bits per heavy atom. The van der Waals surface area contributed by atoms with Crippen LogP contribution in [0.3, 0.4) is 0 Å². The summed E-state index contributed by atoms with van der Waals surface area (Å²) in [6.07, 6.45) is 2.04. The number of thioether (sulfide) groups is 1. The van der Waals surface area contributed by atoms with E-state index in [1.165, 1.54) is 10.5 Å². The van der Waals surface area contributed by atoms with Gasteiger partial charge in [-0.1, -0.05) is 31.5 Å². The third kappa shape index (κ3) is 4.36. The summed E-state index contributed by atoms with van der Waals surface area (Å²) < 4.78 is 0. The zero-order valence-corrected chi connectivity index (χ0v) is 11.7. The quantitative estimate of drug-likeness (QED) is 0.803. The van der Waals surface area contributed by atoms with Crippen LogP contribution in [0.4, 0.5) is 0 Å². The van der Waals surface area contributed by atoms with Crippen LogP contribution in [0, 0.1) is 0 Å². The lowest BCUT2D eigenvalue weighted by Crippen LogP contribution is -2.17. The Morgan fingerprint density at radius 1 is 1.38 bits per heavy atom. The fourth-order valence-corrected chi connectivity index (χ4v) is 2.69. The molecule has 0 fully saturated rings. The van der Waals surface area contributed by atoms with Gasteiger partial charge in [-0.15, -0.1) is 11.8 Å². The molecule has 0 bridgehead atoms. The summed E-state index contributed by atoms with van der Waals surface area (Å²) in [4.78, 5) is 1.17. The molecule has 1 rings (SSSR count). The molecule has 0 radical (unpaired) electrons. The van der Waals surface area contributed by atoms with Crippen molar-refractivity contribution in [3.8, 4) is 0 Å². The van der Waals surface area contributed by atoms with Crippen LogP contribution in [0.2, 0.25) is 5.02 Å². The first kappa shape index (κ1) is 13.9. The number of rotatable bonds is 5. The van der Waals surface area contributed by atoms with E-state index in [4.69, 9.17) is 17.3 Å². The molecule has 0 spiro atoms. The fourth-order valence-electron chi connectivity index (χ4n) is 1.44. The first-order valence-electron chi connectivity index (χ1n) is 5.73. The molecule has 16 heavy (non-hydrogen) atoms. The molecule has 0 saturated carbocycles. The van der Waals surface area contributed by atoms with Crippen molar-refractivity contribution in [3.05, 3.63) is 28.8 Å². The maximum absolute atomic E-state index is 6.25. The number of benzene rings is 1.